The van der Waals surface area contributed by atoms with E-state index in [4.69, 9.17) is 5.11 Å². The van der Waals surface area contributed by atoms with E-state index in [9.17, 15) is 4.79 Å². The molecule has 2 aromatic rings. The molecule has 0 aliphatic heterocycles. The van der Waals surface area contributed by atoms with Crippen LogP contribution >= 0.6 is 31.9 Å². The van der Waals surface area contributed by atoms with Crippen molar-refractivity contribution in [3.63, 3.8) is 0 Å². The van der Waals surface area contributed by atoms with E-state index in [1.165, 1.54) is 0 Å². The van der Waals surface area contributed by atoms with Gasteiger partial charge >= 0.3 is 5.97 Å². The Hall–Kier alpha value is -0.870. The maximum Gasteiger partial charge on any atom is 0.336 e. The number of fused-ring (bicyclic) bond motifs is 1. The van der Waals surface area contributed by atoms with Crippen LogP contribution in [0.5, 0.6) is 0 Å². The highest BCUT2D eigenvalue weighted by Gasteiger charge is 2.12. The van der Waals surface area contributed by atoms with Crippen LogP contribution in [0.2, 0.25) is 0 Å². The van der Waals surface area contributed by atoms with Gasteiger partial charge in [0.1, 0.15) is 0 Å². The van der Waals surface area contributed by atoms with E-state index in [0.717, 1.165) is 19.7 Å². The maximum atomic E-state index is 11.0. The molecule has 0 aliphatic rings. The average molecular weight is 330 g/mol. The molecule has 1 N–H and O–H groups in total. The second-order valence-corrected chi connectivity index (χ2v) is 4.72. The van der Waals surface area contributed by atoms with Crippen LogP contribution in [0.25, 0.3) is 10.8 Å². The quantitative estimate of drug-likeness (QED) is 0.856. The monoisotopic (exact) mass is 328 g/mol. The summed E-state index contributed by atoms with van der Waals surface area (Å²) in [6.07, 6.45) is 0. The summed E-state index contributed by atoms with van der Waals surface area (Å²) >= 11 is 6.75. The van der Waals surface area contributed by atoms with E-state index in [2.05, 4.69) is 31.9 Å². The minimum absolute atomic E-state index is 0.306. The van der Waals surface area contributed by atoms with Crippen molar-refractivity contribution in [2.75, 3.05) is 0 Å². The third-order valence-electron chi connectivity index (χ3n) is 2.16. The summed E-state index contributed by atoms with van der Waals surface area (Å²) in [6.45, 7) is 0. The molecule has 0 fully saturated rings. The molecule has 0 spiro atoms. The highest BCUT2D eigenvalue weighted by molar-refractivity contribution is 9.13. The van der Waals surface area contributed by atoms with Crippen molar-refractivity contribution < 1.29 is 9.90 Å². The molecule has 2 aromatic carbocycles. The normalized spacial score (nSPS) is 10.5. The first kappa shape index (κ1) is 10.6. The van der Waals surface area contributed by atoms with Crippen LogP contribution in [0.4, 0.5) is 0 Å². The van der Waals surface area contributed by atoms with Gasteiger partial charge in [0.05, 0.1) is 5.56 Å². The molecule has 0 aliphatic carbocycles. The summed E-state index contributed by atoms with van der Waals surface area (Å²) < 4.78 is 1.63. The first-order valence-corrected chi connectivity index (χ1v) is 5.80. The Morgan fingerprint density at radius 3 is 2.33 bits per heavy atom. The number of aromatic carboxylic acids is 1. The summed E-state index contributed by atoms with van der Waals surface area (Å²) in [5.41, 5.74) is 0.306. The van der Waals surface area contributed by atoms with Crippen molar-refractivity contribution in [1.29, 1.82) is 0 Å². The van der Waals surface area contributed by atoms with Crippen molar-refractivity contribution in [2.24, 2.45) is 0 Å². The Balaban J connectivity index is 2.94. The van der Waals surface area contributed by atoms with Crippen molar-refractivity contribution in [3.05, 3.63) is 44.8 Å². The van der Waals surface area contributed by atoms with Crippen LogP contribution in [0.15, 0.2) is 39.3 Å². The molecule has 4 heteroatoms. The molecule has 2 nitrogen and oxygen atoms in total. The molecule has 0 saturated heterocycles. The zero-order chi connectivity index (χ0) is 11.0. The van der Waals surface area contributed by atoms with E-state index in [1.54, 1.807) is 12.1 Å². The number of benzene rings is 2. The Kier molecular flexibility index (Phi) is 2.80. The largest absolute Gasteiger partial charge is 0.478 e. The molecule has 0 saturated carbocycles. The van der Waals surface area contributed by atoms with Crippen LogP contribution in [0.1, 0.15) is 10.4 Å². The van der Waals surface area contributed by atoms with Crippen molar-refractivity contribution in [3.8, 4) is 0 Å². The van der Waals surface area contributed by atoms with Gasteiger partial charge in [-0.1, -0.05) is 24.3 Å². The average Bonchev–Trinajstić information content (AvgIpc) is 2.23. The summed E-state index contributed by atoms with van der Waals surface area (Å²) in [5.74, 6) is -0.917. The number of carboxylic acid groups (broad SMARTS) is 1. The van der Waals surface area contributed by atoms with Gasteiger partial charge in [-0.25, -0.2) is 4.79 Å². The first-order chi connectivity index (χ1) is 7.11. The van der Waals surface area contributed by atoms with Crippen molar-refractivity contribution in [1.82, 2.24) is 0 Å². The fourth-order valence-corrected chi connectivity index (χ4v) is 2.39. The molecular formula is C11H6Br2O2. The minimum atomic E-state index is -0.917. The molecule has 2 rings (SSSR count). The number of halogens is 2. The second-order valence-electron chi connectivity index (χ2n) is 3.07. The van der Waals surface area contributed by atoms with E-state index < -0.39 is 5.97 Å². The van der Waals surface area contributed by atoms with Gasteiger partial charge in [0.15, 0.2) is 0 Å². The zero-order valence-corrected chi connectivity index (χ0v) is 10.7. The van der Waals surface area contributed by atoms with Gasteiger partial charge < -0.3 is 5.11 Å². The van der Waals surface area contributed by atoms with Gasteiger partial charge in [-0.2, -0.15) is 0 Å². The molecule has 0 aromatic heterocycles. The summed E-state index contributed by atoms with van der Waals surface area (Å²) in [5, 5.41) is 10.7. The molecule has 0 amide bonds. The highest BCUT2D eigenvalue weighted by Crippen LogP contribution is 2.33. The van der Waals surface area contributed by atoms with Crippen LogP contribution in [-0.2, 0) is 0 Å². The SMILES string of the molecule is O=C(O)c1cc(Br)c(Br)c2ccccc12. The van der Waals surface area contributed by atoms with E-state index >= 15 is 0 Å². The van der Waals surface area contributed by atoms with Crippen LogP contribution < -0.4 is 0 Å². The molecular weight excluding hydrogens is 324 g/mol. The fraction of sp³-hybridized carbons (Fsp3) is 0. The van der Waals surface area contributed by atoms with Gasteiger partial charge in [-0.05, 0) is 48.7 Å². The number of rotatable bonds is 1. The minimum Gasteiger partial charge on any atom is -0.478 e. The molecule has 0 heterocycles. The molecule has 15 heavy (non-hydrogen) atoms. The predicted molar refractivity (Wildman–Crippen MR) is 66.3 cm³/mol. The van der Waals surface area contributed by atoms with Gasteiger partial charge in [0.2, 0.25) is 0 Å². The highest BCUT2D eigenvalue weighted by atomic mass is 79.9. The van der Waals surface area contributed by atoms with Gasteiger partial charge in [-0.3, -0.25) is 0 Å². The lowest BCUT2D eigenvalue weighted by atomic mass is 10.1. The zero-order valence-electron chi connectivity index (χ0n) is 7.50. The van der Waals surface area contributed by atoms with E-state index in [1.807, 2.05) is 18.2 Å². The molecule has 76 valence electrons. The van der Waals surface area contributed by atoms with Gasteiger partial charge in [-0.15, -0.1) is 0 Å². The van der Waals surface area contributed by atoms with E-state index in [0.29, 0.717) is 5.56 Å². The third-order valence-corrected chi connectivity index (χ3v) is 4.18. The predicted octanol–water partition coefficient (Wildman–Crippen LogP) is 4.06. The van der Waals surface area contributed by atoms with Gasteiger partial charge in [0, 0.05) is 8.95 Å². The topological polar surface area (TPSA) is 37.3 Å². The van der Waals surface area contributed by atoms with E-state index in [-0.39, 0.29) is 0 Å². The lowest BCUT2D eigenvalue weighted by Gasteiger charge is -2.06. The summed E-state index contributed by atoms with van der Waals surface area (Å²) in [7, 11) is 0. The van der Waals surface area contributed by atoms with Crippen LogP contribution in [-0.4, -0.2) is 11.1 Å². The maximum absolute atomic E-state index is 11.0. The standard InChI is InChI=1S/C11H6Br2O2/c12-9-5-8(11(14)15)6-3-1-2-4-7(6)10(9)13/h1-5H,(H,14,15). The Morgan fingerprint density at radius 2 is 1.73 bits per heavy atom. The number of carboxylic acids is 1. The second kappa shape index (κ2) is 3.94. The summed E-state index contributed by atoms with van der Waals surface area (Å²) in [6, 6.07) is 9.00. The lowest BCUT2D eigenvalue weighted by molar-refractivity contribution is 0.0699. The van der Waals surface area contributed by atoms with Crippen LogP contribution in [0, 0.1) is 0 Å². The Morgan fingerprint density at radius 1 is 1.13 bits per heavy atom. The van der Waals surface area contributed by atoms with Crippen molar-refractivity contribution >= 4 is 48.6 Å². The Labute approximate surface area is 103 Å². The lowest BCUT2D eigenvalue weighted by Crippen LogP contribution is -1.98. The van der Waals surface area contributed by atoms with Crippen LogP contribution in [0.3, 0.4) is 0 Å². The first-order valence-electron chi connectivity index (χ1n) is 4.21. The number of hydrogen-bond donors (Lipinski definition) is 1. The fourth-order valence-electron chi connectivity index (χ4n) is 1.48. The number of hydrogen-bond acceptors (Lipinski definition) is 1. The molecule has 0 unspecified atom stereocenters. The number of carbonyl (C=O) groups is 1. The molecule has 0 bridgehead atoms. The Bertz CT molecular complexity index is 550. The smallest absolute Gasteiger partial charge is 0.336 e. The third kappa shape index (κ3) is 1.79. The van der Waals surface area contributed by atoms with Gasteiger partial charge in [0.25, 0.3) is 0 Å². The van der Waals surface area contributed by atoms with Crippen molar-refractivity contribution in [2.45, 2.75) is 0 Å². The molecule has 0 radical (unpaired) electrons. The molecule has 0 atom stereocenters. The summed E-state index contributed by atoms with van der Waals surface area (Å²) in [4.78, 5) is 11.0.